The molecule has 1 atom stereocenters. The minimum atomic E-state index is -2.78. The van der Waals surface area contributed by atoms with Gasteiger partial charge in [-0.3, -0.25) is 0 Å². The average molecular weight is 193 g/mol. The summed E-state index contributed by atoms with van der Waals surface area (Å²) < 4.78 is 27.2. The van der Waals surface area contributed by atoms with E-state index in [4.69, 9.17) is 4.74 Å². The zero-order valence-electron chi connectivity index (χ0n) is 7.25. The van der Waals surface area contributed by atoms with Crippen LogP contribution >= 0.6 is 0 Å². The Hall–Kier alpha value is -0.130. The number of ether oxygens (including phenoxy) is 1. The van der Waals surface area contributed by atoms with Crippen molar-refractivity contribution in [2.75, 3.05) is 31.8 Å². The molecule has 0 aromatic carbocycles. The molecule has 12 heavy (non-hydrogen) atoms. The van der Waals surface area contributed by atoms with Crippen molar-refractivity contribution in [3.05, 3.63) is 0 Å². The molecule has 1 N–H and O–H groups in total. The molecule has 0 spiro atoms. The fraction of sp³-hybridized carbons (Fsp3) is 1.00. The van der Waals surface area contributed by atoms with E-state index in [1.54, 1.807) is 7.11 Å². The first-order valence-corrected chi connectivity index (χ1v) is 5.89. The van der Waals surface area contributed by atoms with Crippen LogP contribution < -0.4 is 5.32 Å². The van der Waals surface area contributed by atoms with Gasteiger partial charge in [-0.2, -0.15) is 0 Å². The lowest BCUT2D eigenvalue weighted by Crippen LogP contribution is -2.45. The van der Waals surface area contributed by atoms with Crippen LogP contribution in [-0.2, 0) is 14.6 Å². The number of sulfone groups is 1. The lowest BCUT2D eigenvalue weighted by molar-refractivity contribution is 0.185. The molecule has 4 nitrogen and oxygen atoms in total. The molecule has 5 heteroatoms. The van der Waals surface area contributed by atoms with Gasteiger partial charge < -0.3 is 10.1 Å². The smallest absolute Gasteiger partial charge is 0.153 e. The predicted octanol–water partition coefficient (Wildman–Crippen LogP) is -0.590. The van der Waals surface area contributed by atoms with Gasteiger partial charge in [-0.05, 0) is 6.42 Å². The second kappa shape index (κ2) is 4.20. The highest BCUT2D eigenvalue weighted by molar-refractivity contribution is 7.91. The molecule has 0 aliphatic carbocycles. The van der Waals surface area contributed by atoms with Gasteiger partial charge in [-0.25, -0.2) is 8.42 Å². The maximum absolute atomic E-state index is 11.1. The lowest BCUT2D eigenvalue weighted by atomic mass is 10.2. The van der Waals surface area contributed by atoms with Crippen LogP contribution in [0.4, 0.5) is 0 Å². The maximum atomic E-state index is 11.1. The highest BCUT2D eigenvalue weighted by Gasteiger charge is 2.23. The van der Waals surface area contributed by atoms with Crippen molar-refractivity contribution >= 4 is 9.84 Å². The molecule has 1 rings (SSSR count). The molecule has 1 fully saturated rings. The molecule has 0 saturated carbocycles. The fourth-order valence-corrected chi connectivity index (χ4v) is 2.81. The van der Waals surface area contributed by atoms with Gasteiger partial charge in [0.15, 0.2) is 9.84 Å². The van der Waals surface area contributed by atoms with E-state index in [0.29, 0.717) is 13.2 Å². The Morgan fingerprint density at radius 1 is 1.58 bits per heavy atom. The Labute approximate surface area is 73.2 Å². The molecular weight excluding hydrogens is 178 g/mol. The van der Waals surface area contributed by atoms with Crippen molar-refractivity contribution in [1.82, 2.24) is 5.32 Å². The van der Waals surface area contributed by atoms with Crippen molar-refractivity contribution in [3.8, 4) is 0 Å². The first-order chi connectivity index (χ1) is 5.64. The lowest BCUT2D eigenvalue weighted by Gasteiger charge is -2.23. The van der Waals surface area contributed by atoms with Crippen molar-refractivity contribution in [1.29, 1.82) is 0 Å². The van der Waals surface area contributed by atoms with Crippen LogP contribution in [0.2, 0.25) is 0 Å². The number of methoxy groups -OCH3 is 1. The standard InChI is InChI=1S/C7H15NO3S/c1-11-4-2-7-6-12(9,10)5-3-8-7/h7-8H,2-6H2,1H3. The van der Waals surface area contributed by atoms with E-state index in [0.717, 1.165) is 6.42 Å². The van der Waals surface area contributed by atoms with E-state index in [-0.39, 0.29) is 17.5 Å². The third-order valence-electron chi connectivity index (χ3n) is 1.97. The summed E-state index contributed by atoms with van der Waals surface area (Å²) in [4.78, 5) is 0. The predicted molar refractivity (Wildman–Crippen MR) is 46.9 cm³/mol. The largest absolute Gasteiger partial charge is 0.385 e. The number of hydrogen-bond donors (Lipinski definition) is 1. The van der Waals surface area contributed by atoms with Crippen molar-refractivity contribution in [2.24, 2.45) is 0 Å². The Morgan fingerprint density at radius 3 is 2.92 bits per heavy atom. The molecule has 0 aromatic heterocycles. The summed E-state index contributed by atoms with van der Waals surface area (Å²) >= 11 is 0. The molecule has 0 amide bonds. The minimum absolute atomic E-state index is 0.0868. The van der Waals surface area contributed by atoms with Gasteiger partial charge in [0.05, 0.1) is 11.5 Å². The SMILES string of the molecule is COCCC1CS(=O)(=O)CCN1. The molecule has 1 heterocycles. The molecular formula is C7H15NO3S. The van der Waals surface area contributed by atoms with E-state index < -0.39 is 9.84 Å². The molecule has 0 bridgehead atoms. The third-order valence-corrected chi connectivity index (χ3v) is 3.71. The summed E-state index contributed by atoms with van der Waals surface area (Å²) in [6.45, 7) is 1.20. The monoisotopic (exact) mass is 193 g/mol. The van der Waals surface area contributed by atoms with Gasteiger partial charge in [0.25, 0.3) is 0 Å². The van der Waals surface area contributed by atoms with Crippen LogP contribution in [0.5, 0.6) is 0 Å². The molecule has 1 aliphatic heterocycles. The van der Waals surface area contributed by atoms with Crippen LogP contribution in [0, 0.1) is 0 Å². The van der Waals surface area contributed by atoms with Crippen LogP contribution in [-0.4, -0.2) is 46.2 Å². The molecule has 1 aliphatic rings. The van der Waals surface area contributed by atoms with Gasteiger partial charge in [0, 0.05) is 26.3 Å². The van der Waals surface area contributed by atoms with Gasteiger partial charge in [-0.15, -0.1) is 0 Å². The van der Waals surface area contributed by atoms with Crippen LogP contribution in [0.3, 0.4) is 0 Å². The Balaban J connectivity index is 2.36. The fourth-order valence-electron chi connectivity index (χ4n) is 1.31. The van der Waals surface area contributed by atoms with Gasteiger partial charge in [0.1, 0.15) is 0 Å². The van der Waals surface area contributed by atoms with Crippen LogP contribution in [0.1, 0.15) is 6.42 Å². The molecule has 0 aromatic rings. The topological polar surface area (TPSA) is 55.4 Å². The molecule has 1 saturated heterocycles. The van der Waals surface area contributed by atoms with Gasteiger partial charge in [0.2, 0.25) is 0 Å². The molecule has 0 radical (unpaired) electrons. The second-order valence-corrected chi connectivity index (χ2v) is 5.28. The summed E-state index contributed by atoms with van der Waals surface area (Å²) in [5, 5.41) is 3.15. The summed E-state index contributed by atoms with van der Waals surface area (Å²) in [5.74, 6) is 0.535. The number of nitrogens with one attached hydrogen (secondary N) is 1. The highest BCUT2D eigenvalue weighted by Crippen LogP contribution is 2.04. The summed E-state index contributed by atoms with van der Waals surface area (Å²) in [5.41, 5.74) is 0. The van der Waals surface area contributed by atoms with Crippen molar-refractivity contribution < 1.29 is 13.2 Å². The summed E-state index contributed by atoms with van der Waals surface area (Å²) in [7, 11) is -1.16. The first-order valence-electron chi connectivity index (χ1n) is 4.07. The van der Waals surface area contributed by atoms with Gasteiger partial charge >= 0.3 is 0 Å². The minimum Gasteiger partial charge on any atom is -0.385 e. The normalized spacial score (nSPS) is 28.6. The third kappa shape index (κ3) is 3.08. The highest BCUT2D eigenvalue weighted by atomic mass is 32.2. The molecule has 1 unspecified atom stereocenters. The van der Waals surface area contributed by atoms with Crippen molar-refractivity contribution in [3.63, 3.8) is 0 Å². The summed E-state index contributed by atoms with van der Waals surface area (Å²) in [6, 6.07) is 0.0868. The summed E-state index contributed by atoms with van der Waals surface area (Å²) in [6.07, 6.45) is 0.774. The molecule has 72 valence electrons. The number of hydrogen-bond acceptors (Lipinski definition) is 4. The Bertz CT molecular complexity index is 225. The Morgan fingerprint density at radius 2 is 2.33 bits per heavy atom. The number of rotatable bonds is 3. The van der Waals surface area contributed by atoms with Crippen molar-refractivity contribution in [2.45, 2.75) is 12.5 Å². The zero-order chi connectivity index (χ0) is 9.03. The second-order valence-electron chi connectivity index (χ2n) is 3.05. The van der Waals surface area contributed by atoms with E-state index in [9.17, 15) is 8.42 Å². The van der Waals surface area contributed by atoms with Gasteiger partial charge in [-0.1, -0.05) is 0 Å². The van der Waals surface area contributed by atoms with E-state index in [1.165, 1.54) is 0 Å². The van der Waals surface area contributed by atoms with E-state index in [2.05, 4.69) is 5.32 Å². The Kier molecular flexibility index (Phi) is 3.49. The van der Waals surface area contributed by atoms with Crippen LogP contribution in [0.25, 0.3) is 0 Å². The quantitative estimate of drug-likeness (QED) is 0.651. The average Bonchev–Trinajstić information content (AvgIpc) is 1.99. The maximum Gasteiger partial charge on any atom is 0.153 e. The van der Waals surface area contributed by atoms with E-state index in [1.807, 2.05) is 0 Å². The van der Waals surface area contributed by atoms with Crippen LogP contribution in [0.15, 0.2) is 0 Å². The van der Waals surface area contributed by atoms with E-state index >= 15 is 0 Å². The zero-order valence-corrected chi connectivity index (χ0v) is 8.06. The first kappa shape index (κ1) is 9.95.